The number of ether oxygens (including phenoxy) is 1. The van der Waals surface area contributed by atoms with Crippen LogP contribution in [-0.2, 0) is 23.3 Å². The zero-order valence-corrected chi connectivity index (χ0v) is 29.6. The fourth-order valence-corrected chi connectivity index (χ4v) is 6.63. The number of rotatable bonds is 20. The van der Waals surface area contributed by atoms with Gasteiger partial charge in [0.05, 0.1) is 19.0 Å². The summed E-state index contributed by atoms with van der Waals surface area (Å²) in [6.07, 6.45) is 18.8. The lowest BCUT2D eigenvalue weighted by Crippen LogP contribution is -2.30. The molecule has 4 nitrogen and oxygen atoms in total. The van der Waals surface area contributed by atoms with Gasteiger partial charge in [-0.05, 0) is 64.6 Å². The number of thioether (sulfide) groups is 1. The summed E-state index contributed by atoms with van der Waals surface area (Å²) >= 11 is 1.88. The van der Waals surface area contributed by atoms with Crippen LogP contribution in [0.2, 0.25) is 0 Å². The summed E-state index contributed by atoms with van der Waals surface area (Å²) in [5.74, 6) is 2.10. The number of carbonyl (C=O) groups excluding carboxylic acids is 1. The van der Waals surface area contributed by atoms with Crippen molar-refractivity contribution in [2.45, 2.75) is 144 Å². The molecule has 0 atom stereocenters. The van der Waals surface area contributed by atoms with Crippen molar-refractivity contribution in [3.8, 4) is 5.75 Å². The van der Waals surface area contributed by atoms with Gasteiger partial charge in [-0.2, -0.15) is 0 Å². The Bertz CT molecular complexity index is 1170. The minimum Gasteiger partial charge on any atom is -0.493 e. The van der Waals surface area contributed by atoms with Crippen molar-refractivity contribution in [3.05, 3.63) is 70.3 Å². The largest absolute Gasteiger partial charge is 0.493 e. The minimum absolute atomic E-state index is 0.0548. The van der Waals surface area contributed by atoms with Crippen molar-refractivity contribution in [3.63, 3.8) is 0 Å². The first kappa shape index (κ1) is 36.1. The molecule has 2 aromatic carbocycles. The molecule has 0 radical (unpaired) electrons. The summed E-state index contributed by atoms with van der Waals surface area (Å²) in [5.41, 5.74) is 4.47. The lowest BCUT2D eigenvalue weighted by Gasteiger charge is -2.27. The van der Waals surface area contributed by atoms with Crippen LogP contribution in [0.3, 0.4) is 0 Å². The molecule has 0 saturated heterocycles. The van der Waals surface area contributed by atoms with E-state index in [-0.39, 0.29) is 11.3 Å². The SMILES string of the molecule is CCCCCCCCCCCCCCOc1ccc(CN(C(=O)CC)c2cccc(CN3C=C(C)SC3)c2)cc1C(C)(C)C. The molecule has 0 aliphatic carbocycles. The third kappa shape index (κ3) is 12.5. The first-order valence-electron chi connectivity index (χ1n) is 17.4. The molecule has 0 aromatic heterocycles. The first-order valence-corrected chi connectivity index (χ1v) is 18.4. The molecule has 5 heteroatoms. The second-order valence-corrected chi connectivity index (χ2v) is 14.8. The van der Waals surface area contributed by atoms with Gasteiger partial charge < -0.3 is 14.5 Å². The molecule has 1 amide bonds. The lowest BCUT2D eigenvalue weighted by molar-refractivity contribution is -0.118. The number of carbonyl (C=O) groups is 1. The fraction of sp³-hybridized carbons (Fsp3) is 0.615. The van der Waals surface area contributed by atoms with Gasteiger partial charge in [0.25, 0.3) is 0 Å². The van der Waals surface area contributed by atoms with Crippen molar-refractivity contribution in [2.75, 3.05) is 17.4 Å². The van der Waals surface area contributed by atoms with Gasteiger partial charge in [0.1, 0.15) is 5.75 Å². The Morgan fingerprint density at radius 2 is 1.52 bits per heavy atom. The Balaban J connectivity index is 1.54. The molecule has 2 aromatic rings. The topological polar surface area (TPSA) is 32.8 Å². The second-order valence-electron chi connectivity index (χ2n) is 13.6. The van der Waals surface area contributed by atoms with Gasteiger partial charge in [-0.1, -0.05) is 123 Å². The number of amides is 1. The molecule has 244 valence electrons. The number of nitrogens with zero attached hydrogens (tertiary/aromatic N) is 2. The molecule has 0 fully saturated rings. The maximum absolute atomic E-state index is 13.2. The zero-order valence-electron chi connectivity index (χ0n) is 28.8. The van der Waals surface area contributed by atoms with E-state index >= 15 is 0 Å². The third-order valence-corrected chi connectivity index (χ3v) is 9.50. The van der Waals surface area contributed by atoms with E-state index < -0.39 is 0 Å². The van der Waals surface area contributed by atoms with Gasteiger partial charge in [0, 0.05) is 24.9 Å². The Morgan fingerprint density at radius 3 is 2.11 bits per heavy atom. The van der Waals surface area contributed by atoms with Crippen LogP contribution in [0, 0.1) is 0 Å². The molecule has 0 N–H and O–H groups in total. The van der Waals surface area contributed by atoms with Crippen LogP contribution in [0.1, 0.15) is 142 Å². The van der Waals surface area contributed by atoms with E-state index in [4.69, 9.17) is 4.74 Å². The summed E-state index contributed by atoms with van der Waals surface area (Å²) in [6, 6.07) is 15.0. The molecule has 1 aliphatic rings. The molecule has 0 bridgehead atoms. The number of anilines is 1. The average molecular weight is 621 g/mol. The third-order valence-electron chi connectivity index (χ3n) is 8.48. The van der Waals surface area contributed by atoms with E-state index in [1.54, 1.807) is 0 Å². The van der Waals surface area contributed by atoms with Gasteiger partial charge in [0.2, 0.25) is 5.91 Å². The zero-order chi connectivity index (χ0) is 31.8. The second kappa shape index (κ2) is 19.2. The molecule has 1 heterocycles. The molecule has 3 rings (SSSR count). The lowest BCUT2D eigenvalue weighted by atomic mass is 9.85. The van der Waals surface area contributed by atoms with E-state index in [1.807, 2.05) is 23.6 Å². The molecule has 44 heavy (non-hydrogen) atoms. The number of benzene rings is 2. The van der Waals surface area contributed by atoms with Gasteiger partial charge >= 0.3 is 0 Å². The normalized spacial score (nSPS) is 13.3. The van der Waals surface area contributed by atoms with Crippen molar-refractivity contribution < 1.29 is 9.53 Å². The smallest absolute Gasteiger partial charge is 0.227 e. The van der Waals surface area contributed by atoms with E-state index in [0.29, 0.717) is 13.0 Å². The van der Waals surface area contributed by atoms with Crippen LogP contribution in [0.25, 0.3) is 0 Å². The Labute approximate surface area is 274 Å². The molecule has 0 spiro atoms. The molecule has 1 aliphatic heterocycles. The predicted octanol–water partition coefficient (Wildman–Crippen LogP) is 11.4. The average Bonchev–Trinajstić information content (AvgIpc) is 3.41. The highest BCUT2D eigenvalue weighted by molar-refractivity contribution is 8.03. The molecular formula is C39H60N2O2S. The fourth-order valence-electron chi connectivity index (χ4n) is 5.87. The van der Waals surface area contributed by atoms with Gasteiger partial charge in [-0.3, -0.25) is 4.79 Å². The van der Waals surface area contributed by atoms with E-state index in [9.17, 15) is 4.79 Å². The van der Waals surface area contributed by atoms with Crippen LogP contribution < -0.4 is 9.64 Å². The van der Waals surface area contributed by atoms with Crippen molar-refractivity contribution in [1.82, 2.24) is 4.90 Å². The number of allylic oxidation sites excluding steroid dienone is 1. The number of hydrogen-bond acceptors (Lipinski definition) is 4. The van der Waals surface area contributed by atoms with Crippen LogP contribution >= 0.6 is 11.8 Å². The van der Waals surface area contributed by atoms with E-state index in [2.05, 4.69) is 88.2 Å². The quantitative estimate of drug-likeness (QED) is 0.138. The maximum atomic E-state index is 13.2. The highest BCUT2D eigenvalue weighted by atomic mass is 32.2. The highest BCUT2D eigenvalue weighted by Gasteiger charge is 2.22. The van der Waals surface area contributed by atoms with Gasteiger partial charge in [-0.15, -0.1) is 11.8 Å². The Kier molecular flexibility index (Phi) is 15.7. The summed E-state index contributed by atoms with van der Waals surface area (Å²) < 4.78 is 6.36. The number of unbranched alkanes of at least 4 members (excludes halogenated alkanes) is 11. The number of hydrogen-bond donors (Lipinski definition) is 0. The van der Waals surface area contributed by atoms with Crippen LogP contribution in [0.5, 0.6) is 5.75 Å². The maximum Gasteiger partial charge on any atom is 0.227 e. The Morgan fingerprint density at radius 1 is 0.864 bits per heavy atom. The summed E-state index contributed by atoms with van der Waals surface area (Å²) in [4.78, 5) is 18.8. The standard InChI is InChI=1S/C39H60N2O2S/c1-7-9-10-11-12-13-14-15-16-17-18-19-25-43-37-24-23-34(27-36(37)39(4,5)6)30-41(38(42)8-2)35-22-20-21-33(26-35)29-40-28-32(3)44-31-40/h20-24,26-28H,7-19,25,29-31H2,1-6H3. The molecule has 0 unspecified atom stereocenters. The first-order chi connectivity index (χ1) is 21.2. The van der Waals surface area contributed by atoms with Crippen LogP contribution in [-0.4, -0.2) is 23.3 Å². The van der Waals surface area contributed by atoms with Crippen molar-refractivity contribution in [2.24, 2.45) is 0 Å². The van der Waals surface area contributed by atoms with Gasteiger partial charge in [-0.25, -0.2) is 0 Å². The van der Waals surface area contributed by atoms with Gasteiger partial charge in [0.15, 0.2) is 0 Å². The molecule has 0 saturated carbocycles. The van der Waals surface area contributed by atoms with E-state index in [0.717, 1.165) is 42.4 Å². The summed E-state index contributed by atoms with van der Waals surface area (Å²) in [7, 11) is 0. The van der Waals surface area contributed by atoms with Crippen LogP contribution in [0.15, 0.2) is 53.6 Å². The van der Waals surface area contributed by atoms with Crippen molar-refractivity contribution >= 4 is 23.4 Å². The molecular weight excluding hydrogens is 561 g/mol. The van der Waals surface area contributed by atoms with Crippen LogP contribution in [0.4, 0.5) is 5.69 Å². The van der Waals surface area contributed by atoms with E-state index in [1.165, 1.54) is 86.7 Å². The minimum atomic E-state index is -0.0548. The monoisotopic (exact) mass is 620 g/mol. The predicted molar refractivity (Wildman–Crippen MR) is 191 cm³/mol. The summed E-state index contributed by atoms with van der Waals surface area (Å²) in [5, 5.41) is 0. The Hall–Kier alpha value is -2.40. The van der Waals surface area contributed by atoms with Crippen molar-refractivity contribution in [1.29, 1.82) is 0 Å². The highest BCUT2D eigenvalue weighted by Crippen LogP contribution is 2.34. The summed E-state index contributed by atoms with van der Waals surface area (Å²) in [6.45, 7) is 15.3.